The summed E-state index contributed by atoms with van der Waals surface area (Å²) in [5, 5.41) is 2.98. The van der Waals surface area contributed by atoms with Crippen LogP contribution in [0.5, 0.6) is 0 Å². The van der Waals surface area contributed by atoms with Crippen molar-refractivity contribution in [3.05, 3.63) is 53.9 Å². The molecule has 2 N–H and O–H groups in total. The van der Waals surface area contributed by atoms with Crippen LogP contribution >= 0.6 is 0 Å². The number of piperidine rings is 1. The minimum Gasteiger partial charge on any atom is -0.371 e. The Morgan fingerprint density at radius 3 is 2.47 bits per heavy atom. The number of carbonyl (C=O) groups excluding carboxylic acids is 1. The highest BCUT2D eigenvalue weighted by Gasteiger charge is 2.28. The van der Waals surface area contributed by atoms with Gasteiger partial charge in [-0.1, -0.05) is 18.6 Å². The maximum Gasteiger partial charge on any atom is 0.253 e. The maximum atomic E-state index is 13.3. The van der Waals surface area contributed by atoms with Crippen molar-refractivity contribution in [3.63, 3.8) is 0 Å². The molecule has 0 aliphatic carbocycles. The molecule has 3 aromatic rings. The molecule has 9 heteroatoms. The highest BCUT2D eigenvalue weighted by molar-refractivity contribution is 7.89. The Morgan fingerprint density at radius 2 is 1.71 bits per heavy atom. The number of para-hydroxylation sites is 2. The topological polar surface area (TPSA) is 98.4 Å². The van der Waals surface area contributed by atoms with Gasteiger partial charge in [0.15, 0.2) is 0 Å². The Morgan fingerprint density at radius 1 is 0.971 bits per heavy atom. The lowest BCUT2D eigenvalue weighted by Crippen LogP contribution is -2.36. The second-order valence-electron chi connectivity index (χ2n) is 9.04. The molecule has 1 amide bonds. The number of anilines is 1. The van der Waals surface area contributed by atoms with Crippen molar-refractivity contribution in [2.75, 3.05) is 37.6 Å². The molecule has 3 heterocycles. The summed E-state index contributed by atoms with van der Waals surface area (Å²) in [5.41, 5.74) is 3.09. The molecule has 0 radical (unpaired) electrons. The van der Waals surface area contributed by atoms with Gasteiger partial charge in [-0.05, 0) is 56.0 Å². The summed E-state index contributed by atoms with van der Waals surface area (Å²) < 4.78 is 28.0. The fraction of sp³-hybridized carbons (Fsp3) is 0.440. The van der Waals surface area contributed by atoms with Crippen molar-refractivity contribution in [3.8, 4) is 0 Å². The summed E-state index contributed by atoms with van der Waals surface area (Å²) in [6.07, 6.45) is 5.51. The number of sulfonamides is 1. The van der Waals surface area contributed by atoms with E-state index >= 15 is 0 Å². The predicted molar refractivity (Wildman–Crippen MR) is 133 cm³/mol. The summed E-state index contributed by atoms with van der Waals surface area (Å²) in [6, 6.07) is 12.8. The molecule has 2 aliphatic heterocycles. The molecule has 34 heavy (non-hydrogen) atoms. The molecule has 2 aliphatic rings. The number of imidazole rings is 1. The maximum absolute atomic E-state index is 13.3. The largest absolute Gasteiger partial charge is 0.371 e. The van der Waals surface area contributed by atoms with Crippen LogP contribution in [-0.2, 0) is 16.4 Å². The molecule has 5 rings (SSSR count). The van der Waals surface area contributed by atoms with Crippen LogP contribution < -0.4 is 10.2 Å². The number of hydrogen-bond donors (Lipinski definition) is 2. The number of rotatable bonds is 7. The lowest BCUT2D eigenvalue weighted by molar-refractivity contribution is 0.0954. The Kier molecular flexibility index (Phi) is 6.56. The Hall–Kier alpha value is -2.91. The van der Waals surface area contributed by atoms with Crippen molar-refractivity contribution in [2.45, 2.75) is 43.4 Å². The van der Waals surface area contributed by atoms with Crippen LogP contribution in [0, 0.1) is 0 Å². The average Bonchev–Trinajstić information content (AvgIpc) is 3.54. The van der Waals surface area contributed by atoms with Crippen LogP contribution in [0.3, 0.4) is 0 Å². The number of aromatic nitrogens is 2. The molecule has 0 saturated carbocycles. The first-order valence-corrected chi connectivity index (χ1v) is 13.6. The van der Waals surface area contributed by atoms with Gasteiger partial charge in [-0.25, -0.2) is 13.4 Å². The number of benzene rings is 2. The summed E-state index contributed by atoms with van der Waals surface area (Å²) in [4.78, 5) is 23.5. The molecule has 1 aromatic heterocycles. The van der Waals surface area contributed by atoms with E-state index in [0.717, 1.165) is 67.7 Å². The third-order valence-electron chi connectivity index (χ3n) is 6.70. The molecular weight excluding hydrogens is 450 g/mol. The van der Waals surface area contributed by atoms with Gasteiger partial charge in [0, 0.05) is 44.8 Å². The Bertz CT molecular complexity index is 1240. The average molecular weight is 482 g/mol. The molecule has 2 saturated heterocycles. The molecule has 0 unspecified atom stereocenters. The van der Waals surface area contributed by atoms with E-state index in [0.29, 0.717) is 31.6 Å². The normalized spacial score (nSPS) is 17.4. The van der Waals surface area contributed by atoms with Crippen molar-refractivity contribution >= 4 is 32.7 Å². The van der Waals surface area contributed by atoms with Crippen LogP contribution in [0.2, 0.25) is 0 Å². The molecule has 0 atom stereocenters. The molecule has 0 spiro atoms. The van der Waals surface area contributed by atoms with Gasteiger partial charge < -0.3 is 15.2 Å². The van der Waals surface area contributed by atoms with E-state index in [1.54, 1.807) is 22.5 Å². The SMILES string of the molecule is O=C(NCCc1nc2ccccc2[nH]1)c1cc(S(=O)(=O)N2CCCCC2)ccc1N1CCCC1. The van der Waals surface area contributed by atoms with Gasteiger partial charge in [0.2, 0.25) is 10.0 Å². The second kappa shape index (κ2) is 9.76. The zero-order chi connectivity index (χ0) is 23.5. The van der Waals surface area contributed by atoms with E-state index in [4.69, 9.17) is 0 Å². The van der Waals surface area contributed by atoms with Crippen molar-refractivity contribution < 1.29 is 13.2 Å². The molecular formula is C25H31N5O3S. The monoisotopic (exact) mass is 481 g/mol. The van der Waals surface area contributed by atoms with Crippen LogP contribution in [0.4, 0.5) is 5.69 Å². The van der Waals surface area contributed by atoms with Crippen molar-refractivity contribution in [2.24, 2.45) is 0 Å². The second-order valence-corrected chi connectivity index (χ2v) is 11.0. The number of fused-ring (bicyclic) bond motifs is 1. The summed E-state index contributed by atoms with van der Waals surface area (Å²) in [6.45, 7) is 3.22. The van der Waals surface area contributed by atoms with Crippen LogP contribution in [0.1, 0.15) is 48.3 Å². The predicted octanol–water partition coefficient (Wildman–Crippen LogP) is 3.31. The standard InChI is InChI=1S/C25H31N5O3S/c31-25(26-13-12-24-27-21-8-2-3-9-22(21)28-24)20-18-19(10-11-23(20)29-14-6-7-15-29)34(32,33)30-16-4-1-5-17-30/h2-3,8-11,18H,1,4-7,12-17H2,(H,26,31)(H,27,28). The van der Waals surface area contributed by atoms with Gasteiger partial charge in [-0.15, -0.1) is 0 Å². The summed E-state index contributed by atoms with van der Waals surface area (Å²) in [7, 11) is -3.62. The highest BCUT2D eigenvalue weighted by atomic mass is 32.2. The van der Waals surface area contributed by atoms with Gasteiger partial charge in [0.1, 0.15) is 5.82 Å². The minimum absolute atomic E-state index is 0.194. The van der Waals surface area contributed by atoms with E-state index in [1.165, 1.54) is 0 Å². The first-order valence-electron chi connectivity index (χ1n) is 12.1. The fourth-order valence-corrected chi connectivity index (χ4v) is 6.40. The van der Waals surface area contributed by atoms with E-state index < -0.39 is 10.0 Å². The van der Waals surface area contributed by atoms with Crippen molar-refractivity contribution in [1.29, 1.82) is 0 Å². The Balaban J connectivity index is 1.36. The van der Waals surface area contributed by atoms with E-state index in [2.05, 4.69) is 20.2 Å². The first-order chi connectivity index (χ1) is 16.5. The van der Waals surface area contributed by atoms with E-state index in [-0.39, 0.29) is 10.8 Å². The highest BCUT2D eigenvalue weighted by Crippen LogP contribution is 2.29. The molecule has 2 aromatic carbocycles. The molecule has 180 valence electrons. The zero-order valence-corrected chi connectivity index (χ0v) is 20.1. The lowest BCUT2D eigenvalue weighted by Gasteiger charge is -2.27. The van der Waals surface area contributed by atoms with Crippen LogP contribution in [0.25, 0.3) is 11.0 Å². The van der Waals surface area contributed by atoms with Crippen LogP contribution in [0.15, 0.2) is 47.4 Å². The lowest BCUT2D eigenvalue weighted by atomic mass is 10.1. The zero-order valence-electron chi connectivity index (χ0n) is 19.3. The van der Waals surface area contributed by atoms with Gasteiger partial charge in [0.05, 0.1) is 21.5 Å². The van der Waals surface area contributed by atoms with Crippen molar-refractivity contribution in [1.82, 2.24) is 19.6 Å². The third-order valence-corrected chi connectivity index (χ3v) is 8.59. The smallest absolute Gasteiger partial charge is 0.253 e. The molecule has 0 bridgehead atoms. The number of H-pyrrole nitrogens is 1. The first kappa shape index (κ1) is 22.9. The van der Waals surface area contributed by atoms with E-state index in [9.17, 15) is 13.2 Å². The van der Waals surface area contributed by atoms with Crippen LogP contribution in [-0.4, -0.2) is 61.3 Å². The molecule has 8 nitrogen and oxygen atoms in total. The molecule has 2 fully saturated rings. The number of nitrogens with zero attached hydrogens (tertiary/aromatic N) is 3. The number of carbonyl (C=O) groups is 1. The van der Waals surface area contributed by atoms with Gasteiger partial charge in [0.25, 0.3) is 5.91 Å². The quantitative estimate of drug-likeness (QED) is 0.540. The Labute approximate surface area is 200 Å². The summed E-state index contributed by atoms with van der Waals surface area (Å²) >= 11 is 0. The minimum atomic E-state index is -3.62. The number of hydrogen-bond acceptors (Lipinski definition) is 5. The fourth-order valence-electron chi connectivity index (χ4n) is 4.86. The summed E-state index contributed by atoms with van der Waals surface area (Å²) in [5.74, 6) is 0.552. The van der Waals surface area contributed by atoms with Gasteiger partial charge >= 0.3 is 0 Å². The third kappa shape index (κ3) is 4.67. The number of nitrogens with one attached hydrogen (secondary N) is 2. The number of amides is 1. The number of aromatic amines is 1. The van der Waals surface area contributed by atoms with Gasteiger partial charge in [-0.2, -0.15) is 4.31 Å². The van der Waals surface area contributed by atoms with Gasteiger partial charge in [-0.3, -0.25) is 4.79 Å². The van der Waals surface area contributed by atoms with E-state index in [1.807, 2.05) is 24.3 Å².